The van der Waals surface area contributed by atoms with Gasteiger partial charge in [-0.1, -0.05) is 18.2 Å². The fourth-order valence-corrected chi connectivity index (χ4v) is 1.75. The molecule has 4 nitrogen and oxygen atoms in total. The van der Waals surface area contributed by atoms with Crippen molar-refractivity contribution in [3.63, 3.8) is 0 Å². The van der Waals surface area contributed by atoms with E-state index in [1.165, 1.54) is 0 Å². The topological polar surface area (TPSA) is 47.9 Å². The van der Waals surface area contributed by atoms with Crippen LogP contribution in [0.4, 0.5) is 0 Å². The van der Waals surface area contributed by atoms with Crippen LogP contribution in [0.25, 0.3) is 0 Å². The molecular formula is C12H17N3O. The van der Waals surface area contributed by atoms with E-state index in [1.54, 1.807) is 6.07 Å². The molecule has 2 N–H and O–H groups in total. The first-order valence-corrected chi connectivity index (χ1v) is 5.53. The molecule has 4 heteroatoms. The van der Waals surface area contributed by atoms with Crippen LogP contribution in [0.15, 0.2) is 29.3 Å². The zero-order chi connectivity index (χ0) is 11.4. The fourth-order valence-electron chi connectivity index (χ4n) is 1.75. The highest BCUT2D eigenvalue weighted by Gasteiger charge is 2.11. The monoisotopic (exact) mass is 219 g/mol. The van der Waals surface area contributed by atoms with Gasteiger partial charge in [-0.25, -0.2) is 0 Å². The third kappa shape index (κ3) is 2.45. The molecule has 1 aliphatic heterocycles. The van der Waals surface area contributed by atoms with Crippen LogP contribution in [0, 0.1) is 0 Å². The second-order valence-corrected chi connectivity index (χ2v) is 3.93. The summed E-state index contributed by atoms with van der Waals surface area (Å²) < 4.78 is 0. The van der Waals surface area contributed by atoms with Crippen molar-refractivity contribution in [1.29, 1.82) is 0 Å². The molecule has 0 aliphatic carbocycles. The van der Waals surface area contributed by atoms with E-state index < -0.39 is 0 Å². The fraction of sp³-hybridized carbons (Fsp3) is 0.417. The lowest BCUT2D eigenvalue weighted by Crippen LogP contribution is -2.36. The predicted octanol–water partition coefficient (Wildman–Crippen LogP) is 0.826. The summed E-state index contributed by atoms with van der Waals surface area (Å²) in [4.78, 5) is 6.44. The van der Waals surface area contributed by atoms with Crippen LogP contribution in [0.5, 0.6) is 5.75 Å². The number of nitrogens with one attached hydrogen (secondary N) is 1. The molecule has 1 aromatic carbocycles. The molecule has 0 amide bonds. The van der Waals surface area contributed by atoms with E-state index in [1.807, 2.05) is 25.2 Å². The van der Waals surface area contributed by atoms with Crippen LogP contribution in [0.2, 0.25) is 0 Å². The number of nitrogens with zero attached hydrogens (tertiary/aromatic N) is 2. The Morgan fingerprint density at radius 1 is 1.44 bits per heavy atom. The highest BCUT2D eigenvalue weighted by atomic mass is 16.3. The summed E-state index contributed by atoms with van der Waals surface area (Å²) in [6.07, 6.45) is 0.805. The molecule has 0 saturated carbocycles. The predicted molar refractivity (Wildman–Crippen MR) is 64.7 cm³/mol. The summed E-state index contributed by atoms with van der Waals surface area (Å²) in [6, 6.07) is 7.43. The number of guanidine groups is 1. The minimum absolute atomic E-state index is 0.367. The Hall–Kier alpha value is -1.71. The molecule has 0 aromatic heterocycles. The maximum atomic E-state index is 9.59. The molecule has 86 valence electrons. The van der Waals surface area contributed by atoms with Crippen molar-refractivity contribution in [3.8, 4) is 5.75 Å². The molecule has 1 aliphatic rings. The molecule has 16 heavy (non-hydrogen) atoms. The van der Waals surface area contributed by atoms with Gasteiger partial charge in [-0.05, 0) is 18.1 Å². The van der Waals surface area contributed by atoms with Gasteiger partial charge in [0.25, 0.3) is 0 Å². The van der Waals surface area contributed by atoms with Gasteiger partial charge in [0.15, 0.2) is 5.96 Å². The van der Waals surface area contributed by atoms with Gasteiger partial charge in [-0.3, -0.25) is 4.99 Å². The van der Waals surface area contributed by atoms with Crippen molar-refractivity contribution in [1.82, 2.24) is 10.2 Å². The van der Waals surface area contributed by atoms with Crippen molar-refractivity contribution in [2.75, 3.05) is 26.7 Å². The summed E-state index contributed by atoms with van der Waals surface area (Å²) in [6.45, 7) is 2.65. The average Bonchev–Trinajstić information content (AvgIpc) is 2.67. The Morgan fingerprint density at radius 2 is 2.25 bits per heavy atom. The molecule has 0 spiro atoms. The second kappa shape index (κ2) is 4.88. The number of aliphatic imine (C=N–C) groups is 1. The first-order chi connectivity index (χ1) is 7.77. The highest BCUT2D eigenvalue weighted by molar-refractivity contribution is 5.81. The minimum atomic E-state index is 0.367. The van der Waals surface area contributed by atoms with Gasteiger partial charge in [0.2, 0.25) is 0 Å². The average molecular weight is 219 g/mol. The Labute approximate surface area is 95.6 Å². The van der Waals surface area contributed by atoms with E-state index >= 15 is 0 Å². The molecule has 1 heterocycles. The van der Waals surface area contributed by atoms with E-state index in [9.17, 15) is 5.11 Å². The van der Waals surface area contributed by atoms with Crippen LogP contribution in [0.1, 0.15) is 5.56 Å². The molecular weight excluding hydrogens is 202 g/mol. The molecule has 0 fully saturated rings. The zero-order valence-corrected chi connectivity index (χ0v) is 9.48. The first kappa shape index (κ1) is 10.8. The van der Waals surface area contributed by atoms with E-state index in [-0.39, 0.29) is 0 Å². The number of rotatable bonds is 3. The molecule has 0 unspecified atom stereocenters. The number of para-hydroxylation sites is 1. The van der Waals surface area contributed by atoms with Crippen LogP contribution >= 0.6 is 0 Å². The van der Waals surface area contributed by atoms with Gasteiger partial charge < -0.3 is 15.3 Å². The Balaban J connectivity index is 1.82. The van der Waals surface area contributed by atoms with Gasteiger partial charge in [-0.15, -0.1) is 0 Å². The quantitative estimate of drug-likeness (QED) is 0.791. The normalized spacial score (nSPS) is 15.1. The van der Waals surface area contributed by atoms with E-state index in [0.29, 0.717) is 5.75 Å². The largest absolute Gasteiger partial charge is 0.508 e. The lowest BCUT2D eigenvalue weighted by molar-refractivity contribution is 0.467. The van der Waals surface area contributed by atoms with Crippen LogP contribution in [0.3, 0.4) is 0 Å². The van der Waals surface area contributed by atoms with Gasteiger partial charge in [0.1, 0.15) is 5.75 Å². The van der Waals surface area contributed by atoms with Crippen LogP contribution in [-0.4, -0.2) is 42.6 Å². The number of likely N-dealkylation sites (N-methyl/N-ethyl adjacent to an activating group) is 1. The van der Waals surface area contributed by atoms with Crippen LogP contribution < -0.4 is 5.32 Å². The summed E-state index contributed by atoms with van der Waals surface area (Å²) in [5.41, 5.74) is 0.969. The standard InChI is InChI=1S/C12H17N3O/c1-15-9-8-14-12(15)13-7-6-10-4-2-3-5-11(10)16/h2-5,16H,6-9H2,1H3,(H,13,14). The molecule has 0 saturated heterocycles. The molecule has 1 aromatic rings. The second-order valence-electron chi connectivity index (χ2n) is 3.93. The zero-order valence-electron chi connectivity index (χ0n) is 9.48. The lowest BCUT2D eigenvalue weighted by atomic mass is 10.1. The molecule has 0 radical (unpaired) electrons. The van der Waals surface area contributed by atoms with Crippen molar-refractivity contribution in [2.45, 2.75) is 6.42 Å². The van der Waals surface area contributed by atoms with E-state index in [0.717, 1.165) is 37.6 Å². The maximum absolute atomic E-state index is 9.59. The number of hydrogen-bond donors (Lipinski definition) is 2. The summed E-state index contributed by atoms with van der Waals surface area (Å²) in [5.74, 6) is 1.32. The summed E-state index contributed by atoms with van der Waals surface area (Å²) in [7, 11) is 2.03. The molecule has 2 rings (SSSR count). The lowest BCUT2D eigenvalue weighted by Gasteiger charge is -2.15. The Morgan fingerprint density at radius 3 is 2.94 bits per heavy atom. The number of benzene rings is 1. The Kier molecular flexibility index (Phi) is 3.29. The third-order valence-corrected chi connectivity index (χ3v) is 2.73. The highest BCUT2D eigenvalue weighted by Crippen LogP contribution is 2.15. The van der Waals surface area contributed by atoms with Gasteiger partial charge in [0.05, 0.1) is 6.54 Å². The molecule has 0 atom stereocenters. The minimum Gasteiger partial charge on any atom is -0.508 e. The summed E-state index contributed by atoms with van der Waals surface area (Å²) >= 11 is 0. The van der Waals surface area contributed by atoms with Crippen molar-refractivity contribution in [2.24, 2.45) is 4.99 Å². The SMILES string of the molecule is CN1CCN=C1NCCc1ccccc1O. The van der Waals surface area contributed by atoms with Crippen molar-refractivity contribution < 1.29 is 5.11 Å². The van der Waals surface area contributed by atoms with Gasteiger partial charge in [-0.2, -0.15) is 0 Å². The number of phenols is 1. The summed E-state index contributed by atoms with van der Waals surface area (Å²) in [5, 5.41) is 12.9. The third-order valence-electron chi connectivity index (χ3n) is 2.73. The number of phenolic OH excluding ortho intramolecular Hbond substituents is 1. The van der Waals surface area contributed by atoms with E-state index in [4.69, 9.17) is 0 Å². The number of hydrogen-bond acceptors (Lipinski definition) is 4. The van der Waals surface area contributed by atoms with Gasteiger partial charge >= 0.3 is 0 Å². The first-order valence-electron chi connectivity index (χ1n) is 5.53. The van der Waals surface area contributed by atoms with Crippen LogP contribution in [-0.2, 0) is 6.42 Å². The van der Waals surface area contributed by atoms with Gasteiger partial charge in [0, 0.05) is 20.1 Å². The smallest absolute Gasteiger partial charge is 0.193 e. The molecule has 0 bridgehead atoms. The Bertz CT molecular complexity index is 390. The van der Waals surface area contributed by atoms with Crippen molar-refractivity contribution in [3.05, 3.63) is 29.8 Å². The number of aromatic hydroxyl groups is 1. The maximum Gasteiger partial charge on any atom is 0.193 e. The van der Waals surface area contributed by atoms with Crippen molar-refractivity contribution >= 4 is 5.96 Å². The van der Waals surface area contributed by atoms with E-state index in [2.05, 4.69) is 15.2 Å².